The highest BCUT2D eigenvalue weighted by atomic mass is 32.1. The summed E-state index contributed by atoms with van der Waals surface area (Å²) in [6.07, 6.45) is 1.79. The average Bonchev–Trinajstić information content (AvgIpc) is 2.62. The fraction of sp³-hybridized carbons (Fsp3) is 0.333. The van der Waals surface area contributed by atoms with Gasteiger partial charge in [-0.15, -0.1) is 6.58 Å². The number of hydrogen-bond donors (Lipinski definition) is 1. The Bertz CT molecular complexity index is 335. The molecule has 0 saturated carbocycles. The van der Waals surface area contributed by atoms with Gasteiger partial charge in [-0.3, -0.25) is 10.1 Å². The van der Waals surface area contributed by atoms with Crippen LogP contribution < -0.4 is 5.32 Å². The number of rotatable bonds is 5. The topological polar surface area (TPSA) is 55.2 Å². The van der Waals surface area contributed by atoms with E-state index in [-0.39, 0.29) is 16.0 Å². The molecule has 0 bridgehead atoms. The van der Waals surface area contributed by atoms with Gasteiger partial charge in [-0.1, -0.05) is 17.4 Å². The predicted molar refractivity (Wildman–Crippen MR) is 57.5 cm³/mol. The monoisotopic (exact) mass is 212 g/mol. The largest absolute Gasteiger partial charge is 0.324 e. The van der Waals surface area contributed by atoms with Gasteiger partial charge in [0.2, 0.25) is 0 Å². The van der Waals surface area contributed by atoms with Gasteiger partial charge in [-0.25, -0.2) is 0 Å². The first-order valence-corrected chi connectivity index (χ1v) is 5.04. The number of thiophene rings is 1. The van der Waals surface area contributed by atoms with Crippen molar-refractivity contribution in [2.24, 2.45) is 0 Å². The molecule has 0 aromatic carbocycles. The summed E-state index contributed by atoms with van der Waals surface area (Å²) < 4.78 is 0. The van der Waals surface area contributed by atoms with E-state index in [1.54, 1.807) is 12.1 Å². The molecule has 0 saturated heterocycles. The summed E-state index contributed by atoms with van der Waals surface area (Å²) in [6.45, 7) is 6.26. The Hall–Kier alpha value is -1.20. The minimum atomic E-state index is -0.370. The zero-order valence-electron chi connectivity index (χ0n) is 7.90. The SMILES string of the molecule is C=CC(C)NCc1ccc([N+](=O)[O-])s1. The van der Waals surface area contributed by atoms with Gasteiger partial charge in [-0.05, 0) is 13.0 Å². The van der Waals surface area contributed by atoms with Crippen LogP contribution in [0, 0.1) is 10.1 Å². The van der Waals surface area contributed by atoms with Crippen LogP contribution in [0.2, 0.25) is 0 Å². The van der Waals surface area contributed by atoms with Crippen molar-refractivity contribution in [3.8, 4) is 0 Å². The second-order valence-electron chi connectivity index (χ2n) is 2.90. The minimum Gasteiger partial charge on any atom is -0.306 e. The average molecular weight is 212 g/mol. The fourth-order valence-electron chi connectivity index (χ4n) is 0.905. The van der Waals surface area contributed by atoms with Crippen LogP contribution in [0.3, 0.4) is 0 Å². The van der Waals surface area contributed by atoms with Crippen LogP contribution in [0.25, 0.3) is 0 Å². The van der Waals surface area contributed by atoms with Crippen LogP contribution in [0.4, 0.5) is 5.00 Å². The molecular weight excluding hydrogens is 200 g/mol. The standard InChI is InChI=1S/C9H12N2O2S/c1-3-7(2)10-6-8-4-5-9(14-8)11(12)13/h3-5,7,10H,1,6H2,2H3. The zero-order valence-corrected chi connectivity index (χ0v) is 8.71. The molecule has 1 aromatic heterocycles. The summed E-state index contributed by atoms with van der Waals surface area (Å²) in [6, 6.07) is 3.52. The van der Waals surface area contributed by atoms with E-state index in [2.05, 4.69) is 11.9 Å². The van der Waals surface area contributed by atoms with Crippen molar-refractivity contribution in [2.45, 2.75) is 19.5 Å². The lowest BCUT2D eigenvalue weighted by Crippen LogP contribution is -2.22. The summed E-state index contributed by atoms with van der Waals surface area (Å²) >= 11 is 1.20. The molecular formula is C9H12N2O2S. The van der Waals surface area contributed by atoms with E-state index in [1.807, 2.05) is 6.92 Å². The third-order valence-corrected chi connectivity index (χ3v) is 2.82. The van der Waals surface area contributed by atoms with Crippen molar-refractivity contribution in [2.75, 3.05) is 0 Å². The Morgan fingerprint density at radius 1 is 1.79 bits per heavy atom. The van der Waals surface area contributed by atoms with Crippen molar-refractivity contribution >= 4 is 16.3 Å². The molecule has 4 nitrogen and oxygen atoms in total. The maximum Gasteiger partial charge on any atom is 0.324 e. The lowest BCUT2D eigenvalue weighted by molar-refractivity contribution is -0.380. The predicted octanol–water partition coefficient (Wildman–Crippen LogP) is 2.32. The second-order valence-corrected chi connectivity index (χ2v) is 4.05. The van der Waals surface area contributed by atoms with Crippen molar-refractivity contribution < 1.29 is 4.92 Å². The van der Waals surface area contributed by atoms with Gasteiger partial charge in [0.05, 0.1) is 4.92 Å². The van der Waals surface area contributed by atoms with Crippen LogP contribution in [-0.4, -0.2) is 11.0 Å². The molecule has 1 aromatic rings. The number of nitrogens with zero attached hydrogens (tertiary/aromatic N) is 1. The maximum absolute atomic E-state index is 10.4. The summed E-state index contributed by atoms with van der Waals surface area (Å²) in [4.78, 5) is 11.0. The number of hydrogen-bond acceptors (Lipinski definition) is 4. The van der Waals surface area contributed by atoms with Gasteiger partial charge in [0.15, 0.2) is 0 Å². The van der Waals surface area contributed by atoms with Crippen LogP contribution in [0.15, 0.2) is 24.8 Å². The smallest absolute Gasteiger partial charge is 0.306 e. The molecule has 14 heavy (non-hydrogen) atoms. The highest BCUT2D eigenvalue weighted by molar-refractivity contribution is 7.15. The van der Waals surface area contributed by atoms with Crippen LogP contribution in [-0.2, 0) is 6.54 Å². The van der Waals surface area contributed by atoms with Crippen LogP contribution in [0.1, 0.15) is 11.8 Å². The van der Waals surface area contributed by atoms with Crippen LogP contribution in [0.5, 0.6) is 0 Å². The van der Waals surface area contributed by atoms with E-state index in [4.69, 9.17) is 0 Å². The Balaban J connectivity index is 2.51. The molecule has 1 unspecified atom stereocenters. The summed E-state index contributed by atoms with van der Waals surface area (Å²) in [7, 11) is 0. The van der Waals surface area contributed by atoms with Gasteiger partial charge < -0.3 is 5.32 Å². The molecule has 1 rings (SSSR count). The van der Waals surface area contributed by atoms with E-state index in [0.29, 0.717) is 6.54 Å². The lowest BCUT2D eigenvalue weighted by atomic mass is 10.3. The maximum atomic E-state index is 10.4. The Kier molecular flexibility index (Phi) is 3.79. The summed E-state index contributed by atoms with van der Waals surface area (Å²) in [5.74, 6) is 0. The quantitative estimate of drug-likeness (QED) is 0.463. The zero-order chi connectivity index (χ0) is 10.6. The molecule has 0 spiro atoms. The van der Waals surface area contributed by atoms with Gasteiger partial charge >= 0.3 is 5.00 Å². The lowest BCUT2D eigenvalue weighted by Gasteiger charge is -2.06. The normalized spacial score (nSPS) is 12.4. The van der Waals surface area contributed by atoms with Crippen molar-refractivity contribution in [1.82, 2.24) is 5.32 Å². The van der Waals surface area contributed by atoms with Gasteiger partial charge in [0.1, 0.15) is 0 Å². The first-order chi connectivity index (χ1) is 6.63. The Morgan fingerprint density at radius 2 is 2.50 bits per heavy atom. The highest BCUT2D eigenvalue weighted by Crippen LogP contribution is 2.23. The third-order valence-electron chi connectivity index (χ3n) is 1.78. The molecule has 0 aliphatic heterocycles. The fourth-order valence-corrected chi connectivity index (χ4v) is 1.68. The summed E-state index contributed by atoms with van der Waals surface area (Å²) in [5, 5.41) is 13.7. The number of nitro groups is 1. The molecule has 1 N–H and O–H groups in total. The minimum absolute atomic E-state index is 0.188. The van der Waals surface area contributed by atoms with Gasteiger partial charge in [0.25, 0.3) is 0 Å². The second kappa shape index (κ2) is 4.88. The molecule has 5 heteroatoms. The molecule has 0 aliphatic rings. The van der Waals surface area contributed by atoms with Crippen molar-refractivity contribution in [1.29, 1.82) is 0 Å². The first-order valence-electron chi connectivity index (χ1n) is 4.22. The molecule has 0 fully saturated rings. The Labute approximate surface area is 86.4 Å². The molecule has 0 radical (unpaired) electrons. The van der Waals surface area contributed by atoms with Crippen molar-refractivity contribution in [3.63, 3.8) is 0 Å². The molecule has 1 heterocycles. The van der Waals surface area contributed by atoms with E-state index in [9.17, 15) is 10.1 Å². The van der Waals surface area contributed by atoms with E-state index >= 15 is 0 Å². The first kappa shape index (κ1) is 10.9. The molecule has 0 amide bonds. The molecule has 1 atom stereocenters. The van der Waals surface area contributed by atoms with Gasteiger partial charge in [-0.2, -0.15) is 0 Å². The summed E-state index contributed by atoms with van der Waals surface area (Å²) in [5.41, 5.74) is 0. The molecule has 76 valence electrons. The van der Waals surface area contributed by atoms with Crippen molar-refractivity contribution in [3.05, 3.63) is 39.8 Å². The Morgan fingerprint density at radius 3 is 3.00 bits per heavy atom. The molecule has 0 aliphatic carbocycles. The third kappa shape index (κ3) is 2.93. The van der Waals surface area contributed by atoms with Crippen LogP contribution >= 0.6 is 11.3 Å². The number of nitrogens with one attached hydrogen (secondary N) is 1. The van der Waals surface area contributed by atoms with E-state index < -0.39 is 0 Å². The van der Waals surface area contributed by atoms with Gasteiger partial charge in [0, 0.05) is 23.5 Å². The van der Waals surface area contributed by atoms with E-state index in [0.717, 1.165) is 4.88 Å². The highest BCUT2D eigenvalue weighted by Gasteiger charge is 2.09. The van der Waals surface area contributed by atoms with E-state index in [1.165, 1.54) is 17.4 Å².